The van der Waals surface area contributed by atoms with E-state index >= 15 is 0 Å². The Morgan fingerprint density at radius 2 is 1.94 bits per heavy atom. The largest absolute Gasteiger partial charge is 0.299 e. The van der Waals surface area contributed by atoms with Crippen molar-refractivity contribution in [1.29, 1.82) is 0 Å². The molecule has 4 nitrogen and oxygen atoms in total. The molecule has 1 aromatic rings. The number of likely N-dealkylation sites (tertiary alicyclic amines) is 1. The highest BCUT2D eigenvalue weighted by atomic mass is 19.1. The standard InChI is InChI=1S/C13H15FN2O2/c1-8(9-3-5-10(14)6-4-9)15-11-7-12(17)16(2)13(11)18/h3-6,8,11,15H,7H2,1-2H3/t8-,11?/m0/s1. The van der Waals surface area contributed by atoms with Gasteiger partial charge in [-0.2, -0.15) is 0 Å². The molecule has 2 rings (SSSR count). The van der Waals surface area contributed by atoms with E-state index in [1.807, 2.05) is 6.92 Å². The van der Waals surface area contributed by atoms with Gasteiger partial charge in [-0.25, -0.2) is 4.39 Å². The number of hydrogen-bond donors (Lipinski definition) is 1. The Labute approximate surface area is 105 Å². The number of likely N-dealkylation sites (N-methyl/N-ethyl adjacent to an activating group) is 1. The smallest absolute Gasteiger partial charge is 0.246 e. The van der Waals surface area contributed by atoms with Gasteiger partial charge >= 0.3 is 0 Å². The lowest BCUT2D eigenvalue weighted by Gasteiger charge is -2.18. The summed E-state index contributed by atoms with van der Waals surface area (Å²) < 4.78 is 12.8. The second-order valence-electron chi connectivity index (χ2n) is 4.49. The molecule has 0 saturated carbocycles. The van der Waals surface area contributed by atoms with Gasteiger partial charge in [0.25, 0.3) is 0 Å². The Morgan fingerprint density at radius 1 is 1.33 bits per heavy atom. The zero-order chi connectivity index (χ0) is 13.3. The Morgan fingerprint density at radius 3 is 2.44 bits per heavy atom. The van der Waals surface area contributed by atoms with Crippen LogP contribution in [0.3, 0.4) is 0 Å². The van der Waals surface area contributed by atoms with Crippen molar-refractivity contribution in [3.8, 4) is 0 Å². The first-order valence-corrected chi connectivity index (χ1v) is 5.81. The Hall–Kier alpha value is -1.75. The highest BCUT2D eigenvalue weighted by Crippen LogP contribution is 2.18. The summed E-state index contributed by atoms with van der Waals surface area (Å²) in [5, 5.41) is 3.09. The molecule has 5 heteroatoms. The molecular weight excluding hydrogens is 235 g/mol. The molecule has 0 radical (unpaired) electrons. The second-order valence-corrected chi connectivity index (χ2v) is 4.49. The van der Waals surface area contributed by atoms with Crippen molar-refractivity contribution in [2.75, 3.05) is 7.05 Å². The number of carbonyl (C=O) groups is 2. The summed E-state index contributed by atoms with van der Waals surface area (Å²) in [6.45, 7) is 1.88. The third kappa shape index (κ3) is 2.41. The van der Waals surface area contributed by atoms with Gasteiger partial charge in [0.1, 0.15) is 5.82 Å². The van der Waals surface area contributed by atoms with E-state index in [9.17, 15) is 14.0 Å². The zero-order valence-corrected chi connectivity index (χ0v) is 10.3. The zero-order valence-electron chi connectivity index (χ0n) is 10.3. The first-order valence-electron chi connectivity index (χ1n) is 5.81. The van der Waals surface area contributed by atoms with Crippen LogP contribution in [-0.4, -0.2) is 29.8 Å². The van der Waals surface area contributed by atoms with Gasteiger partial charge in [0.2, 0.25) is 11.8 Å². The minimum atomic E-state index is -0.484. The first-order chi connectivity index (χ1) is 8.49. The summed E-state index contributed by atoms with van der Waals surface area (Å²) in [5.41, 5.74) is 0.881. The number of amides is 2. The van der Waals surface area contributed by atoms with Gasteiger partial charge in [0.15, 0.2) is 0 Å². The summed E-state index contributed by atoms with van der Waals surface area (Å²) in [6.07, 6.45) is 0.181. The quantitative estimate of drug-likeness (QED) is 0.821. The van der Waals surface area contributed by atoms with Crippen LogP contribution < -0.4 is 5.32 Å². The van der Waals surface area contributed by atoms with E-state index in [1.54, 1.807) is 12.1 Å². The van der Waals surface area contributed by atoms with Crippen molar-refractivity contribution in [1.82, 2.24) is 10.2 Å². The van der Waals surface area contributed by atoms with Crippen molar-refractivity contribution >= 4 is 11.8 Å². The highest BCUT2D eigenvalue weighted by molar-refractivity contribution is 6.05. The molecule has 0 spiro atoms. The van der Waals surface area contributed by atoms with Crippen LogP contribution in [0.5, 0.6) is 0 Å². The monoisotopic (exact) mass is 250 g/mol. The molecule has 2 amide bonds. The van der Waals surface area contributed by atoms with Gasteiger partial charge in [0.05, 0.1) is 12.5 Å². The number of halogens is 1. The predicted molar refractivity (Wildman–Crippen MR) is 64.1 cm³/mol. The number of imide groups is 1. The van der Waals surface area contributed by atoms with Crippen LogP contribution in [0, 0.1) is 5.82 Å². The fraction of sp³-hybridized carbons (Fsp3) is 0.385. The number of nitrogens with zero attached hydrogens (tertiary/aromatic N) is 1. The molecule has 0 bridgehead atoms. The first kappa shape index (κ1) is 12.7. The minimum Gasteiger partial charge on any atom is -0.299 e. The molecule has 1 saturated heterocycles. The highest BCUT2D eigenvalue weighted by Gasteiger charge is 2.36. The van der Waals surface area contributed by atoms with Crippen LogP contribution in [-0.2, 0) is 9.59 Å². The van der Waals surface area contributed by atoms with Gasteiger partial charge in [-0.3, -0.25) is 19.8 Å². The van der Waals surface area contributed by atoms with Crippen LogP contribution in [0.15, 0.2) is 24.3 Å². The van der Waals surface area contributed by atoms with Gasteiger partial charge in [-0.1, -0.05) is 12.1 Å². The Kier molecular flexibility index (Phi) is 3.43. The number of carbonyl (C=O) groups excluding carboxylic acids is 2. The summed E-state index contributed by atoms with van der Waals surface area (Å²) >= 11 is 0. The SMILES string of the molecule is C[C@H](NC1CC(=O)N(C)C1=O)c1ccc(F)cc1. The Bertz CT molecular complexity index is 472. The fourth-order valence-electron chi connectivity index (χ4n) is 2.04. The van der Waals surface area contributed by atoms with E-state index < -0.39 is 6.04 Å². The molecule has 1 N–H and O–H groups in total. The third-order valence-corrected chi connectivity index (χ3v) is 3.20. The fourth-order valence-corrected chi connectivity index (χ4v) is 2.04. The van der Waals surface area contributed by atoms with Crippen LogP contribution in [0.2, 0.25) is 0 Å². The number of nitrogens with one attached hydrogen (secondary N) is 1. The van der Waals surface area contributed by atoms with Gasteiger partial charge in [-0.15, -0.1) is 0 Å². The van der Waals surface area contributed by atoms with Crippen molar-refractivity contribution in [2.45, 2.75) is 25.4 Å². The third-order valence-electron chi connectivity index (χ3n) is 3.20. The summed E-state index contributed by atoms with van der Waals surface area (Å²) in [4.78, 5) is 24.2. The van der Waals surface area contributed by atoms with E-state index in [-0.39, 0.29) is 30.1 Å². The average Bonchev–Trinajstić information content (AvgIpc) is 2.58. The maximum Gasteiger partial charge on any atom is 0.246 e. The molecule has 1 unspecified atom stereocenters. The lowest BCUT2D eigenvalue weighted by molar-refractivity contribution is -0.137. The number of rotatable bonds is 3. The summed E-state index contributed by atoms with van der Waals surface area (Å²) in [7, 11) is 1.48. The summed E-state index contributed by atoms with van der Waals surface area (Å²) in [5.74, 6) is -0.685. The number of benzene rings is 1. The van der Waals surface area contributed by atoms with Crippen LogP contribution >= 0.6 is 0 Å². The lowest BCUT2D eigenvalue weighted by atomic mass is 10.1. The van der Waals surface area contributed by atoms with E-state index in [0.717, 1.165) is 10.5 Å². The second kappa shape index (κ2) is 4.86. The predicted octanol–water partition coefficient (Wildman–Crippen LogP) is 1.23. The van der Waals surface area contributed by atoms with Gasteiger partial charge in [-0.05, 0) is 24.6 Å². The minimum absolute atomic E-state index is 0.112. The van der Waals surface area contributed by atoms with Crippen LogP contribution in [0.1, 0.15) is 24.9 Å². The molecule has 2 atom stereocenters. The molecule has 1 aliphatic rings. The molecule has 1 aliphatic heterocycles. The molecule has 1 fully saturated rings. The number of hydrogen-bond acceptors (Lipinski definition) is 3. The Balaban J connectivity index is 2.04. The molecule has 1 aromatic carbocycles. The molecule has 18 heavy (non-hydrogen) atoms. The van der Waals surface area contributed by atoms with Crippen molar-refractivity contribution < 1.29 is 14.0 Å². The van der Waals surface area contributed by atoms with Crippen LogP contribution in [0.4, 0.5) is 4.39 Å². The molecule has 96 valence electrons. The van der Waals surface area contributed by atoms with Crippen molar-refractivity contribution in [2.24, 2.45) is 0 Å². The van der Waals surface area contributed by atoms with Crippen molar-refractivity contribution in [3.63, 3.8) is 0 Å². The van der Waals surface area contributed by atoms with E-state index in [2.05, 4.69) is 5.32 Å². The maximum atomic E-state index is 12.8. The van der Waals surface area contributed by atoms with Crippen molar-refractivity contribution in [3.05, 3.63) is 35.6 Å². The molecule has 0 aliphatic carbocycles. The average molecular weight is 250 g/mol. The normalized spacial score (nSPS) is 21.5. The molecule has 1 heterocycles. The maximum absolute atomic E-state index is 12.8. The van der Waals surface area contributed by atoms with Gasteiger partial charge in [0, 0.05) is 13.1 Å². The molecular formula is C13H15FN2O2. The van der Waals surface area contributed by atoms with Crippen LogP contribution in [0.25, 0.3) is 0 Å². The summed E-state index contributed by atoms with van der Waals surface area (Å²) in [6, 6.07) is 5.49. The molecule has 0 aromatic heterocycles. The van der Waals surface area contributed by atoms with Gasteiger partial charge < -0.3 is 0 Å². The van der Waals surface area contributed by atoms with E-state index in [4.69, 9.17) is 0 Å². The van der Waals surface area contributed by atoms with E-state index in [0.29, 0.717) is 0 Å². The lowest BCUT2D eigenvalue weighted by Crippen LogP contribution is -2.38. The topological polar surface area (TPSA) is 49.4 Å². The van der Waals surface area contributed by atoms with E-state index in [1.165, 1.54) is 19.2 Å².